The Labute approximate surface area is 96.3 Å². The fraction of sp³-hybridized carbons (Fsp3) is 0.111. The molecule has 0 unspecified atom stereocenters. The minimum absolute atomic E-state index is 0.00367. The molecule has 74 valence electrons. The number of hydrogen-bond donors (Lipinski definition) is 0. The second-order valence-corrected chi connectivity index (χ2v) is 5.86. The van der Waals surface area contributed by atoms with Gasteiger partial charge < -0.3 is 0 Å². The fourth-order valence-corrected chi connectivity index (χ4v) is 3.15. The first kappa shape index (κ1) is 11.6. The van der Waals surface area contributed by atoms with Crippen LogP contribution in [0.4, 0.5) is 0 Å². The summed E-state index contributed by atoms with van der Waals surface area (Å²) in [5.41, 5.74) is 0.264. The molecule has 0 bridgehead atoms. The van der Waals surface area contributed by atoms with Gasteiger partial charge in [0.15, 0.2) is 9.84 Å². The molecule has 5 heteroatoms. The third-order valence-corrected chi connectivity index (χ3v) is 3.83. The van der Waals surface area contributed by atoms with Crippen molar-refractivity contribution >= 4 is 37.4 Å². The minimum atomic E-state index is -3.40. The number of halogens is 2. The molecule has 1 rings (SSSR count). The van der Waals surface area contributed by atoms with Gasteiger partial charge in [-0.3, -0.25) is 0 Å². The van der Waals surface area contributed by atoms with Crippen LogP contribution in [0.25, 0.3) is 0 Å². The van der Waals surface area contributed by atoms with E-state index in [1.807, 2.05) is 0 Å². The van der Waals surface area contributed by atoms with Crippen LogP contribution in [0.2, 0.25) is 5.02 Å². The van der Waals surface area contributed by atoms with Crippen LogP contribution < -0.4 is 0 Å². The third-order valence-electron chi connectivity index (χ3n) is 1.57. The van der Waals surface area contributed by atoms with E-state index in [1.54, 1.807) is 6.07 Å². The number of terminal acetylenes is 1. The molecular weight excluding hydrogens is 288 g/mol. The molecule has 0 aliphatic heterocycles. The van der Waals surface area contributed by atoms with Gasteiger partial charge in [0.05, 0.1) is 10.6 Å². The monoisotopic (exact) mass is 292 g/mol. The van der Waals surface area contributed by atoms with Crippen molar-refractivity contribution in [1.82, 2.24) is 0 Å². The SMILES string of the molecule is C#Cc1c(Br)ccc(Cl)c1S(C)(=O)=O. The van der Waals surface area contributed by atoms with Crippen molar-refractivity contribution in [2.24, 2.45) is 0 Å². The Morgan fingerprint density at radius 2 is 2.07 bits per heavy atom. The summed E-state index contributed by atoms with van der Waals surface area (Å²) in [4.78, 5) is -0.00367. The van der Waals surface area contributed by atoms with E-state index in [0.29, 0.717) is 4.47 Å². The highest BCUT2D eigenvalue weighted by atomic mass is 79.9. The molecule has 0 fully saturated rings. The molecule has 2 nitrogen and oxygen atoms in total. The standard InChI is InChI=1S/C9H6BrClO2S/c1-3-6-7(10)4-5-8(11)9(6)14(2,12)13/h1,4-5H,2H3. The van der Waals surface area contributed by atoms with Gasteiger partial charge in [0.1, 0.15) is 4.90 Å². The fourth-order valence-electron chi connectivity index (χ4n) is 1.03. The summed E-state index contributed by atoms with van der Waals surface area (Å²) < 4.78 is 23.3. The van der Waals surface area contributed by atoms with Crippen LogP contribution in [0.1, 0.15) is 5.56 Å². The summed E-state index contributed by atoms with van der Waals surface area (Å²) in [5, 5.41) is 0.142. The van der Waals surface area contributed by atoms with E-state index in [2.05, 4.69) is 21.9 Å². The van der Waals surface area contributed by atoms with Gasteiger partial charge in [-0.05, 0) is 28.1 Å². The van der Waals surface area contributed by atoms with Crippen molar-refractivity contribution in [1.29, 1.82) is 0 Å². The number of rotatable bonds is 1. The van der Waals surface area contributed by atoms with Crippen molar-refractivity contribution in [3.05, 3.63) is 27.2 Å². The second kappa shape index (κ2) is 3.93. The largest absolute Gasteiger partial charge is 0.224 e. The first-order valence-electron chi connectivity index (χ1n) is 3.52. The van der Waals surface area contributed by atoms with Gasteiger partial charge in [-0.25, -0.2) is 8.42 Å². The maximum Gasteiger partial charge on any atom is 0.178 e. The molecule has 0 heterocycles. The molecule has 0 saturated heterocycles. The van der Waals surface area contributed by atoms with E-state index < -0.39 is 9.84 Å². The summed E-state index contributed by atoms with van der Waals surface area (Å²) >= 11 is 8.94. The predicted octanol–water partition coefficient (Wildman–Crippen LogP) is 2.49. The lowest BCUT2D eigenvalue weighted by Gasteiger charge is -2.06. The molecular formula is C9H6BrClO2S. The van der Waals surface area contributed by atoms with Crippen molar-refractivity contribution in [3.8, 4) is 12.3 Å². The van der Waals surface area contributed by atoms with Crippen LogP contribution in [-0.4, -0.2) is 14.7 Å². The second-order valence-electron chi connectivity index (χ2n) is 2.65. The van der Waals surface area contributed by atoms with E-state index in [1.165, 1.54) is 6.07 Å². The minimum Gasteiger partial charge on any atom is -0.224 e. The van der Waals surface area contributed by atoms with Crippen molar-refractivity contribution in [2.45, 2.75) is 4.90 Å². The van der Waals surface area contributed by atoms with E-state index in [9.17, 15) is 8.42 Å². The molecule has 0 amide bonds. The van der Waals surface area contributed by atoms with Crippen LogP contribution >= 0.6 is 27.5 Å². The molecule has 0 aromatic heterocycles. The molecule has 0 aliphatic rings. The van der Waals surface area contributed by atoms with Gasteiger partial charge in [0.2, 0.25) is 0 Å². The van der Waals surface area contributed by atoms with Crippen molar-refractivity contribution in [3.63, 3.8) is 0 Å². The van der Waals surface area contributed by atoms with Gasteiger partial charge in [0, 0.05) is 10.7 Å². The lowest BCUT2D eigenvalue weighted by atomic mass is 10.2. The molecule has 14 heavy (non-hydrogen) atoms. The lowest BCUT2D eigenvalue weighted by molar-refractivity contribution is 0.601. The Kier molecular flexibility index (Phi) is 3.25. The molecule has 0 aliphatic carbocycles. The first-order chi connectivity index (χ1) is 6.38. The summed E-state index contributed by atoms with van der Waals surface area (Å²) in [6, 6.07) is 3.11. The number of benzene rings is 1. The van der Waals surface area contributed by atoms with E-state index >= 15 is 0 Å². The van der Waals surface area contributed by atoms with Crippen LogP contribution in [0.3, 0.4) is 0 Å². The average Bonchev–Trinajstić information content (AvgIpc) is 2.06. The Hall–Kier alpha value is -0.500. The average molecular weight is 294 g/mol. The highest BCUT2D eigenvalue weighted by Gasteiger charge is 2.18. The van der Waals surface area contributed by atoms with Gasteiger partial charge >= 0.3 is 0 Å². The van der Waals surface area contributed by atoms with E-state index in [0.717, 1.165) is 6.26 Å². The zero-order chi connectivity index (χ0) is 10.9. The summed E-state index contributed by atoms with van der Waals surface area (Å²) in [5.74, 6) is 2.30. The van der Waals surface area contributed by atoms with Crippen LogP contribution in [0.5, 0.6) is 0 Å². The quantitative estimate of drug-likeness (QED) is 0.746. The Bertz CT molecular complexity index is 514. The lowest BCUT2D eigenvalue weighted by Crippen LogP contribution is -2.02. The molecule has 0 spiro atoms. The maximum atomic E-state index is 11.4. The molecule has 0 radical (unpaired) electrons. The smallest absolute Gasteiger partial charge is 0.178 e. The number of hydrogen-bond acceptors (Lipinski definition) is 2. The normalized spacial score (nSPS) is 11.0. The Morgan fingerprint density at radius 1 is 1.50 bits per heavy atom. The van der Waals surface area contributed by atoms with Gasteiger partial charge in [-0.15, -0.1) is 6.42 Å². The molecule has 1 aromatic carbocycles. The van der Waals surface area contributed by atoms with Crippen LogP contribution in [-0.2, 0) is 9.84 Å². The topological polar surface area (TPSA) is 34.1 Å². The summed E-state index contributed by atoms with van der Waals surface area (Å²) in [6.07, 6.45) is 6.28. The zero-order valence-corrected chi connectivity index (χ0v) is 10.4. The van der Waals surface area contributed by atoms with Crippen molar-refractivity contribution < 1.29 is 8.42 Å². The highest BCUT2D eigenvalue weighted by Crippen LogP contribution is 2.30. The molecule has 0 saturated carbocycles. The van der Waals surface area contributed by atoms with Gasteiger partial charge in [0.25, 0.3) is 0 Å². The predicted molar refractivity (Wildman–Crippen MR) is 60.2 cm³/mol. The maximum absolute atomic E-state index is 11.4. The van der Waals surface area contributed by atoms with E-state index in [4.69, 9.17) is 18.0 Å². The van der Waals surface area contributed by atoms with Crippen molar-refractivity contribution in [2.75, 3.05) is 6.26 Å². The third kappa shape index (κ3) is 2.11. The molecule has 0 atom stereocenters. The summed E-state index contributed by atoms with van der Waals surface area (Å²) in [7, 11) is -3.40. The summed E-state index contributed by atoms with van der Waals surface area (Å²) in [6.45, 7) is 0. The Morgan fingerprint density at radius 3 is 2.43 bits per heavy atom. The first-order valence-corrected chi connectivity index (χ1v) is 6.59. The van der Waals surface area contributed by atoms with Gasteiger partial charge in [-0.1, -0.05) is 17.5 Å². The zero-order valence-electron chi connectivity index (χ0n) is 7.21. The van der Waals surface area contributed by atoms with Gasteiger partial charge in [-0.2, -0.15) is 0 Å². The van der Waals surface area contributed by atoms with Crippen LogP contribution in [0, 0.1) is 12.3 Å². The Balaban J connectivity index is 3.74. The molecule has 0 N–H and O–H groups in total. The van der Waals surface area contributed by atoms with E-state index in [-0.39, 0.29) is 15.5 Å². The highest BCUT2D eigenvalue weighted by molar-refractivity contribution is 9.10. The molecule has 1 aromatic rings. The number of sulfone groups is 1. The van der Waals surface area contributed by atoms with Crippen LogP contribution in [0.15, 0.2) is 21.5 Å².